The molecule has 0 fully saturated rings. The van der Waals surface area contributed by atoms with E-state index < -0.39 is 0 Å². The summed E-state index contributed by atoms with van der Waals surface area (Å²) in [5.41, 5.74) is 3.05. The first kappa shape index (κ1) is 19.9. The third-order valence-electron chi connectivity index (χ3n) is 2.78. The Morgan fingerprint density at radius 2 is 2.19 bits per heavy atom. The Kier molecular flexibility index (Phi) is 10.0. The number of allylic oxidation sites excluding steroid dienone is 1. The van der Waals surface area contributed by atoms with E-state index in [2.05, 4.69) is 28.3 Å². The molecule has 0 atom stereocenters. The summed E-state index contributed by atoms with van der Waals surface area (Å²) in [4.78, 5) is 8.53. The number of nitrogens with two attached hydrogens (primary N) is 2. The smallest absolute Gasteiger partial charge is 0.224 e. The number of halogens is 2. The first-order valence-electron chi connectivity index (χ1n) is 6.14. The molecule has 0 unspecified atom stereocenters. The van der Waals surface area contributed by atoms with Gasteiger partial charge in [-0.15, -0.1) is 11.8 Å². The Balaban J connectivity index is 0.00000200. The predicted molar refractivity (Wildman–Crippen MR) is 75.8 cm³/mol. The molecular weight excluding hydrogens is 329 g/mol. The largest absolute Gasteiger partial charge is 1.00 e. The van der Waals surface area contributed by atoms with Crippen LogP contribution in [0.4, 0.5) is 5.82 Å². The lowest BCUT2D eigenvalue weighted by atomic mass is 10.3. The summed E-state index contributed by atoms with van der Waals surface area (Å²) in [5, 5.41) is 12.8. The molecule has 0 aromatic carbocycles. The molecule has 21 heavy (non-hydrogen) atoms. The minimum atomic E-state index is 0. The molecule has 1 aromatic rings. The van der Waals surface area contributed by atoms with Gasteiger partial charge >= 0.3 is 0 Å². The van der Waals surface area contributed by atoms with Gasteiger partial charge in [0.15, 0.2) is 6.34 Å². The predicted octanol–water partition coefficient (Wildman–Crippen LogP) is -6.27. The van der Waals surface area contributed by atoms with Crippen LogP contribution >= 0.6 is 11.8 Å². The Labute approximate surface area is 141 Å². The molecule has 1 aliphatic heterocycles. The number of thioether (sulfide) groups is 1. The highest BCUT2D eigenvalue weighted by atomic mass is 35.5. The van der Waals surface area contributed by atoms with Crippen LogP contribution in [0.2, 0.25) is 0 Å². The Hall–Kier alpha value is -1.10. The van der Waals surface area contributed by atoms with E-state index >= 15 is 0 Å². The highest BCUT2D eigenvalue weighted by Gasteiger charge is 2.10. The van der Waals surface area contributed by atoms with Gasteiger partial charge in [0.2, 0.25) is 5.82 Å². The molecule has 0 bridgehead atoms. The average molecular weight is 346 g/mol. The molecule has 2 rings (SSSR count). The lowest BCUT2D eigenvalue weighted by Crippen LogP contribution is -3.00. The summed E-state index contributed by atoms with van der Waals surface area (Å²) in [5.74, 6) is 2.95. The second-order valence-electron chi connectivity index (χ2n) is 4.20. The van der Waals surface area contributed by atoms with Crippen molar-refractivity contribution in [2.45, 2.75) is 6.92 Å². The van der Waals surface area contributed by atoms with Gasteiger partial charge in [0.1, 0.15) is 17.5 Å². The maximum Gasteiger partial charge on any atom is 0.224 e. The first-order valence-corrected chi connectivity index (χ1v) is 7.29. The van der Waals surface area contributed by atoms with E-state index in [9.17, 15) is 0 Å². The lowest BCUT2D eigenvalue weighted by Gasteiger charge is -2.00. The average Bonchev–Trinajstić information content (AvgIpc) is 2.85. The number of aliphatic imine (C=N–C) groups is 1. The minimum Gasteiger partial charge on any atom is -1.00 e. The molecule has 0 radical (unpaired) electrons. The van der Waals surface area contributed by atoms with Gasteiger partial charge in [0.25, 0.3) is 0 Å². The SMILES string of the molecule is CC1=C(CSCC[NH2+]c2ccc(C#N)cn2)N=C[NH2+]1.[Cl-].[Cl-]. The maximum atomic E-state index is 8.68. The molecule has 1 aromatic heterocycles. The molecule has 0 saturated heterocycles. The van der Waals surface area contributed by atoms with Crippen LogP contribution in [0.3, 0.4) is 0 Å². The van der Waals surface area contributed by atoms with Crippen LogP contribution in [0.25, 0.3) is 0 Å². The van der Waals surface area contributed by atoms with Crippen LogP contribution in [0, 0.1) is 11.3 Å². The van der Waals surface area contributed by atoms with E-state index in [0.717, 1.165) is 23.9 Å². The van der Waals surface area contributed by atoms with Crippen LogP contribution < -0.4 is 35.4 Å². The molecule has 0 spiro atoms. The molecule has 1 aliphatic rings. The molecule has 0 amide bonds. The topological polar surface area (TPSA) is 82.3 Å². The molecule has 5 nitrogen and oxygen atoms in total. The number of pyridine rings is 1. The summed E-state index contributed by atoms with van der Waals surface area (Å²) in [6, 6.07) is 5.74. The second kappa shape index (κ2) is 10.6. The fraction of sp³-hybridized carbons (Fsp3) is 0.308. The van der Waals surface area contributed by atoms with E-state index in [1.54, 1.807) is 12.3 Å². The Morgan fingerprint density at radius 3 is 2.76 bits per heavy atom. The van der Waals surface area contributed by atoms with Crippen molar-refractivity contribution in [1.29, 1.82) is 5.26 Å². The number of nitriles is 1. The molecule has 0 aliphatic carbocycles. The fourth-order valence-corrected chi connectivity index (χ4v) is 2.56. The van der Waals surface area contributed by atoms with Gasteiger partial charge in [0, 0.05) is 24.5 Å². The monoisotopic (exact) mass is 345 g/mol. The zero-order valence-electron chi connectivity index (χ0n) is 11.6. The van der Waals surface area contributed by atoms with Crippen LogP contribution in [0.15, 0.2) is 34.7 Å². The van der Waals surface area contributed by atoms with Crippen LogP contribution in [-0.4, -0.2) is 29.4 Å². The number of rotatable bonds is 6. The van der Waals surface area contributed by atoms with E-state index in [0.29, 0.717) is 5.56 Å². The summed E-state index contributed by atoms with van der Waals surface area (Å²) in [6.45, 7) is 3.07. The highest BCUT2D eigenvalue weighted by molar-refractivity contribution is 7.99. The van der Waals surface area contributed by atoms with Gasteiger partial charge in [-0.3, -0.25) is 10.6 Å². The van der Waals surface area contributed by atoms with Gasteiger partial charge in [-0.1, -0.05) is 0 Å². The summed E-state index contributed by atoms with van der Waals surface area (Å²) >= 11 is 1.88. The number of hydrogen-bond donors (Lipinski definition) is 2. The van der Waals surface area contributed by atoms with Gasteiger partial charge in [-0.2, -0.15) is 5.26 Å². The molecule has 4 N–H and O–H groups in total. The van der Waals surface area contributed by atoms with Crippen molar-refractivity contribution in [3.8, 4) is 6.07 Å². The number of quaternary nitrogens is 2. The van der Waals surface area contributed by atoms with E-state index in [4.69, 9.17) is 5.26 Å². The normalized spacial score (nSPS) is 12.6. The summed E-state index contributed by atoms with van der Waals surface area (Å²) in [7, 11) is 0. The van der Waals surface area contributed by atoms with Crippen LogP contribution in [-0.2, 0) is 0 Å². The zero-order valence-corrected chi connectivity index (χ0v) is 13.9. The van der Waals surface area contributed by atoms with Crippen LogP contribution in [0.1, 0.15) is 12.5 Å². The third kappa shape index (κ3) is 6.46. The van der Waals surface area contributed by atoms with Crippen molar-refractivity contribution in [1.82, 2.24) is 4.98 Å². The molecular formula is C13H17Cl2N5S. The quantitative estimate of drug-likeness (QED) is 0.503. The van der Waals surface area contributed by atoms with Crippen molar-refractivity contribution in [2.75, 3.05) is 18.1 Å². The standard InChI is InChI=1S/C13H15N5S.2ClH/c1-10-12(18-9-17-10)8-19-5-4-15-13-3-2-11(6-14)7-16-13;;/h2-3,7,9H,4-5,8H2,1H3,(H,15,16)(H,17,18);2*1H. The van der Waals surface area contributed by atoms with E-state index in [-0.39, 0.29) is 24.8 Å². The van der Waals surface area contributed by atoms with Crippen LogP contribution in [0.5, 0.6) is 0 Å². The lowest BCUT2D eigenvalue weighted by molar-refractivity contribution is -0.570. The van der Waals surface area contributed by atoms with Crippen molar-refractivity contribution < 1.29 is 35.4 Å². The minimum absolute atomic E-state index is 0. The second-order valence-corrected chi connectivity index (χ2v) is 5.31. The van der Waals surface area contributed by atoms with Crippen molar-refractivity contribution in [3.05, 3.63) is 35.3 Å². The third-order valence-corrected chi connectivity index (χ3v) is 3.78. The maximum absolute atomic E-state index is 8.68. The fourth-order valence-electron chi connectivity index (χ4n) is 1.64. The first-order chi connectivity index (χ1) is 9.29. The van der Waals surface area contributed by atoms with Crippen molar-refractivity contribution in [3.63, 3.8) is 0 Å². The number of aromatic nitrogens is 1. The van der Waals surface area contributed by atoms with E-state index in [1.165, 1.54) is 11.4 Å². The summed E-state index contributed by atoms with van der Waals surface area (Å²) in [6.07, 6.45) is 3.47. The van der Waals surface area contributed by atoms with Gasteiger partial charge in [-0.05, 0) is 6.07 Å². The summed E-state index contributed by atoms with van der Waals surface area (Å²) < 4.78 is 0. The zero-order chi connectivity index (χ0) is 13.5. The molecule has 0 saturated carbocycles. The van der Waals surface area contributed by atoms with E-state index in [1.807, 2.05) is 29.5 Å². The van der Waals surface area contributed by atoms with Crippen molar-refractivity contribution >= 4 is 23.9 Å². The molecule has 114 valence electrons. The van der Waals surface area contributed by atoms with Crippen molar-refractivity contribution in [2.24, 2.45) is 4.99 Å². The van der Waals surface area contributed by atoms with Gasteiger partial charge in [0.05, 0.1) is 18.3 Å². The number of hydrogen-bond acceptors (Lipinski definition) is 4. The number of nitrogens with zero attached hydrogens (tertiary/aromatic N) is 3. The highest BCUT2D eigenvalue weighted by Crippen LogP contribution is 2.10. The molecule has 2 heterocycles. The Morgan fingerprint density at radius 1 is 1.38 bits per heavy atom. The van der Waals surface area contributed by atoms with Gasteiger partial charge < -0.3 is 24.8 Å². The molecule has 8 heteroatoms. The van der Waals surface area contributed by atoms with Gasteiger partial charge in [-0.25, -0.2) is 9.98 Å². The Bertz CT molecular complexity index is 536.